The molecule has 0 atom stereocenters. The average molecular weight is 507 g/mol. The highest BCUT2D eigenvalue weighted by Crippen LogP contribution is 2.31. The molecule has 0 aliphatic rings. The lowest BCUT2D eigenvalue weighted by atomic mass is 10.1. The first-order valence-electron chi connectivity index (χ1n) is 11.9. The van der Waals surface area contributed by atoms with Crippen LogP contribution in [0.3, 0.4) is 0 Å². The van der Waals surface area contributed by atoms with Crippen molar-refractivity contribution in [2.75, 3.05) is 37.9 Å². The van der Waals surface area contributed by atoms with Crippen LogP contribution in [0, 0.1) is 18.8 Å². The van der Waals surface area contributed by atoms with Gasteiger partial charge in [-0.05, 0) is 75.0 Å². The molecular formula is C28H26N8O2. The lowest BCUT2D eigenvalue weighted by Gasteiger charge is -2.16. The topological polar surface area (TPSA) is 101 Å². The van der Waals surface area contributed by atoms with Crippen molar-refractivity contribution in [3.63, 3.8) is 0 Å². The standard InChI is InChI=1S/C28H26N8O2/c1-19-14-20(7-10-25(19)38-22-11-13-36-26(16-22)30-18-32-36)33-28-23-15-21(8-9-24(23)29-17-31-28)35(4)27(37)6-5-12-34(2)3/h7-11,13-18H,12H2,1-4H3,(H,29,31,33). The van der Waals surface area contributed by atoms with Crippen LogP contribution >= 0.6 is 0 Å². The second-order valence-electron chi connectivity index (χ2n) is 8.96. The van der Waals surface area contributed by atoms with Gasteiger partial charge in [0.15, 0.2) is 5.65 Å². The smallest absolute Gasteiger partial charge is 0.302 e. The number of pyridine rings is 1. The second kappa shape index (κ2) is 10.5. The Morgan fingerprint density at radius 2 is 1.89 bits per heavy atom. The summed E-state index contributed by atoms with van der Waals surface area (Å²) < 4.78 is 7.76. The van der Waals surface area contributed by atoms with E-state index in [0.717, 1.165) is 27.9 Å². The van der Waals surface area contributed by atoms with Crippen LogP contribution in [0.2, 0.25) is 0 Å². The van der Waals surface area contributed by atoms with Crippen molar-refractivity contribution in [2.45, 2.75) is 6.92 Å². The van der Waals surface area contributed by atoms with E-state index in [1.165, 1.54) is 17.6 Å². The van der Waals surface area contributed by atoms with E-state index in [1.54, 1.807) is 17.8 Å². The van der Waals surface area contributed by atoms with Gasteiger partial charge in [-0.3, -0.25) is 9.69 Å². The zero-order valence-corrected chi connectivity index (χ0v) is 21.5. The molecular weight excluding hydrogens is 480 g/mol. The number of carbonyl (C=O) groups is 1. The van der Waals surface area contributed by atoms with Crippen molar-refractivity contribution in [3.05, 3.63) is 72.9 Å². The van der Waals surface area contributed by atoms with E-state index in [2.05, 4.69) is 37.2 Å². The van der Waals surface area contributed by atoms with Gasteiger partial charge in [0.1, 0.15) is 30.0 Å². The fourth-order valence-corrected chi connectivity index (χ4v) is 3.79. The monoisotopic (exact) mass is 506 g/mol. The molecule has 5 rings (SSSR count). The van der Waals surface area contributed by atoms with Gasteiger partial charge < -0.3 is 15.0 Å². The van der Waals surface area contributed by atoms with Crippen molar-refractivity contribution in [1.29, 1.82) is 0 Å². The van der Waals surface area contributed by atoms with E-state index in [9.17, 15) is 4.79 Å². The first-order chi connectivity index (χ1) is 18.4. The zero-order valence-electron chi connectivity index (χ0n) is 21.5. The predicted molar refractivity (Wildman–Crippen MR) is 147 cm³/mol. The van der Waals surface area contributed by atoms with Crippen molar-refractivity contribution in [3.8, 4) is 23.3 Å². The second-order valence-corrected chi connectivity index (χ2v) is 8.96. The van der Waals surface area contributed by atoms with Gasteiger partial charge in [-0.25, -0.2) is 19.5 Å². The Balaban J connectivity index is 1.36. The fraction of sp³-hybridized carbons (Fsp3) is 0.179. The van der Waals surface area contributed by atoms with Crippen LogP contribution in [0.5, 0.6) is 11.5 Å². The summed E-state index contributed by atoms with van der Waals surface area (Å²) in [5.74, 6) is 7.30. The summed E-state index contributed by atoms with van der Waals surface area (Å²) in [6, 6.07) is 15.1. The molecule has 38 heavy (non-hydrogen) atoms. The zero-order chi connectivity index (χ0) is 26.6. The molecule has 0 saturated heterocycles. The number of ether oxygens (including phenoxy) is 1. The van der Waals surface area contributed by atoms with Crippen LogP contribution in [-0.2, 0) is 4.79 Å². The average Bonchev–Trinajstić information content (AvgIpc) is 3.37. The summed E-state index contributed by atoms with van der Waals surface area (Å²) in [5.41, 5.74) is 3.95. The van der Waals surface area contributed by atoms with E-state index >= 15 is 0 Å². The van der Waals surface area contributed by atoms with E-state index < -0.39 is 0 Å². The summed E-state index contributed by atoms with van der Waals surface area (Å²) in [6.45, 7) is 2.49. The largest absolute Gasteiger partial charge is 0.457 e. The number of rotatable bonds is 6. The highest BCUT2D eigenvalue weighted by atomic mass is 16.5. The van der Waals surface area contributed by atoms with Crippen LogP contribution < -0.4 is 15.0 Å². The maximum absolute atomic E-state index is 12.6. The van der Waals surface area contributed by atoms with Gasteiger partial charge in [0, 0.05) is 36.1 Å². The minimum atomic E-state index is -0.285. The fourth-order valence-electron chi connectivity index (χ4n) is 3.79. The van der Waals surface area contributed by atoms with Gasteiger partial charge in [-0.2, -0.15) is 5.10 Å². The number of aryl methyl sites for hydroxylation is 1. The highest BCUT2D eigenvalue weighted by Gasteiger charge is 2.12. The Hall–Kier alpha value is -5.01. The Morgan fingerprint density at radius 1 is 1.03 bits per heavy atom. The number of hydrogen-bond donors (Lipinski definition) is 1. The number of hydrogen-bond acceptors (Lipinski definition) is 8. The Kier molecular flexibility index (Phi) is 6.84. The number of nitrogens with zero attached hydrogens (tertiary/aromatic N) is 7. The first-order valence-corrected chi connectivity index (χ1v) is 11.9. The molecule has 1 N–H and O–H groups in total. The van der Waals surface area contributed by atoms with Crippen LogP contribution in [0.25, 0.3) is 16.6 Å². The Bertz CT molecular complexity index is 1700. The molecule has 0 radical (unpaired) electrons. The van der Waals surface area contributed by atoms with Crippen molar-refractivity contribution >= 4 is 39.6 Å². The predicted octanol–water partition coefficient (Wildman–Crippen LogP) is 4.04. The number of nitrogens with one attached hydrogen (secondary N) is 1. The molecule has 190 valence electrons. The molecule has 0 bridgehead atoms. The number of anilines is 3. The molecule has 0 aliphatic heterocycles. The molecule has 3 aromatic heterocycles. The van der Waals surface area contributed by atoms with Crippen LogP contribution in [0.15, 0.2) is 67.4 Å². The lowest BCUT2D eigenvalue weighted by Crippen LogP contribution is -2.24. The normalized spacial score (nSPS) is 10.9. The van der Waals surface area contributed by atoms with Gasteiger partial charge >= 0.3 is 5.91 Å². The third-order valence-corrected chi connectivity index (χ3v) is 5.82. The van der Waals surface area contributed by atoms with Gasteiger partial charge in [-0.15, -0.1) is 0 Å². The molecule has 0 saturated carbocycles. The minimum absolute atomic E-state index is 0.285. The van der Waals surface area contributed by atoms with Gasteiger partial charge in [0.25, 0.3) is 0 Å². The quantitative estimate of drug-likeness (QED) is 0.345. The van der Waals surface area contributed by atoms with Crippen LogP contribution in [0.4, 0.5) is 17.2 Å². The van der Waals surface area contributed by atoms with E-state index in [1.807, 2.05) is 74.4 Å². The van der Waals surface area contributed by atoms with E-state index in [4.69, 9.17) is 4.74 Å². The number of benzene rings is 2. The van der Waals surface area contributed by atoms with E-state index in [0.29, 0.717) is 29.4 Å². The van der Waals surface area contributed by atoms with Crippen molar-refractivity contribution < 1.29 is 9.53 Å². The summed E-state index contributed by atoms with van der Waals surface area (Å²) in [4.78, 5) is 29.0. The van der Waals surface area contributed by atoms with Gasteiger partial charge in [0.05, 0.1) is 12.1 Å². The maximum Gasteiger partial charge on any atom is 0.302 e. The summed E-state index contributed by atoms with van der Waals surface area (Å²) in [7, 11) is 5.51. The number of fused-ring (bicyclic) bond motifs is 2. The Labute approximate surface area is 219 Å². The number of carbonyl (C=O) groups excluding carboxylic acids is 1. The van der Waals surface area contributed by atoms with Crippen molar-refractivity contribution in [1.82, 2.24) is 29.5 Å². The number of aromatic nitrogens is 5. The molecule has 10 heteroatoms. The van der Waals surface area contributed by atoms with E-state index in [-0.39, 0.29) is 5.91 Å². The van der Waals surface area contributed by atoms with Crippen LogP contribution in [-0.4, -0.2) is 63.1 Å². The SMILES string of the molecule is Cc1cc(Nc2ncnc3ccc(N(C)C(=O)C#CCN(C)C)cc23)ccc1Oc1ccn2ncnc2c1. The highest BCUT2D eigenvalue weighted by molar-refractivity contribution is 6.06. The molecule has 0 unspecified atom stereocenters. The molecule has 0 fully saturated rings. The van der Waals surface area contributed by atoms with Gasteiger partial charge in [-0.1, -0.05) is 5.92 Å². The summed E-state index contributed by atoms with van der Waals surface area (Å²) >= 11 is 0. The molecule has 0 spiro atoms. The third kappa shape index (κ3) is 5.38. The third-order valence-electron chi connectivity index (χ3n) is 5.82. The van der Waals surface area contributed by atoms with Crippen molar-refractivity contribution in [2.24, 2.45) is 0 Å². The number of amides is 1. The maximum atomic E-state index is 12.6. The minimum Gasteiger partial charge on any atom is -0.457 e. The molecule has 2 aromatic carbocycles. The molecule has 10 nitrogen and oxygen atoms in total. The summed E-state index contributed by atoms with van der Waals surface area (Å²) in [5, 5.41) is 8.26. The lowest BCUT2D eigenvalue weighted by molar-refractivity contribution is -0.113. The summed E-state index contributed by atoms with van der Waals surface area (Å²) in [6.07, 6.45) is 4.82. The molecule has 3 heterocycles. The molecule has 5 aromatic rings. The van der Waals surface area contributed by atoms with Crippen LogP contribution in [0.1, 0.15) is 5.56 Å². The molecule has 0 aliphatic carbocycles. The Morgan fingerprint density at radius 3 is 2.71 bits per heavy atom. The van der Waals surface area contributed by atoms with Gasteiger partial charge in [0.2, 0.25) is 0 Å². The molecule has 1 amide bonds. The first kappa shape index (κ1) is 24.7.